The first-order valence-corrected chi connectivity index (χ1v) is 10.1. The summed E-state index contributed by atoms with van der Waals surface area (Å²) in [5.41, 5.74) is 3.48. The van der Waals surface area contributed by atoms with Crippen LogP contribution in [0, 0.1) is 6.92 Å². The van der Waals surface area contributed by atoms with Crippen LogP contribution in [0.5, 0.6) is 5.75 Å². The second-order valence-electron chi connectivity index (χ2n) is 5.66. The van der Waals surface area contributed by atoms with Crippen molar-refractivity contribution >= 4 is 29.4 Å². The van der Waals surface area contributed by atoms with E-state index in [0.29, 0.717) is 11.1 Å². The van der Waals surface area contributed by atoms with Crippen molar-refractivity contribution in [3.8, 4) is 5.75 Å². The summed E-state index contributed by atoms with van der Waals surface area (Å²) in [6.45, 7) is 2.62. The highest BCUT2D eigenvalue weighted by Crippen LogP contribution is 2.48. The molecule has 1 fully saturated rings. The van der Waals surface area contributed by atoms with E-state index in [-0.39, 0.29) is 12.5 Å². The minimum absolute atomic E-state index is 0.0466. The molecule has 2 aromatic rings. The maximum absolute atomic E-state index is 12.0. The molecule has 0 saturated carbocycles. The first kappa shape index (κ1) is 17.2. The molecule has 126 valence electrons. The second-order valence-corrected chi connectivity index (χ2v) is 8.39. The van der Waals surface area contributed by atoms with Crippen molar-refractivity contribution in [2.45, 2.75) is 18.1 Å². The van der Waals surface area contributed by atoms with Crippen LogP contribution in [0.4, 0.5) is 0 Å². The molecule has 1 heterocycles. The largest absolute Gasteiger partial charge is 0.483 e. The van der Waals surface area contributed by atoms with Gasteiger partial charge in [0.2, 0.25) is 0 Å². The van der Waals surface area contributed by atoms with E-state index in [9.17, 15) is 4.79 Å². The minimum Gasteiger partial charge on any atom is -0.483 e. The summed E-state index contributed by atoms with van der Waals surface area (Å²) in [6.07, 6.45) is 0. The fourth-order valence-corrected chi connectivity index (χ4v) is 5.35. The summed E-state index contributed by atoms with van der Waals surface area (Å²) < 4.78 is 6.19. The van der Waals surface area contributed by atoms with Crippen molar-refractivity contribution in [2.24, 2.45) is 0 Å². The zero-order valence-electron chi connectivity index (χ0n) is 13.7. The van der Waals surface area contributed by atoms with E-state index >= 15 is 0 Å². The number of carbonyl (C=O) groups excluding carboxylic acids is 1. The fraction of sp³-hybridized carbons (Fsp3) is 0.316. The SMILES string of the molecule is Cc1ccc(CNC(=O)COc2ccccc2C2SCCS2)cc1. The number of amides is 1. The highest BCUT2D eigenvalue weighted by Gasteiger charge is 2.21. The zero-order valence-corrected chi connectivity index (χ0v) is 15.3. The van der Waals surface area contributed by atoms with Gasteiger partial charge in [0.25, 0.3) is 5.91 Å². The Kier molecular flexibility index (Phi) is 6.10. The molecular formula is C19H21NO2S2. The highest BCUT2D eigenvalue weighted by atomic mass is 32.2. The van der Waals surface area contributed by atoms with Crippen molar-refractivity contribution in [1.82, 2.24) is 5.32 Å². The number of para-hydroxylation sites is 1. The van der Waals surface area contributed by atoms with E-state index in [0.717, 1.165) is 11.3 Å². The Morgan fingerprint density at radius 1 is 1.12 bits per heavy atom. The number of hydrogen-bond acceptors (Lipinski definition) is 4. The lowest BCUT2D eigenvalue weighted by Crippen LogP contribution is -2.28. The van der Waals surface area contributed by atoms with Gasteiger partial charge < -0.3 is 10.1 Å². The van der Waals surface area contributed by atoms with E-state index in [1.54, 1.807) is 0 Å². The van der Waals surface area contributed by atoms with Crippen LogP contribution in [-0.4, -0.2) is 24.0 Å². The number of benzene rings is 2. The van der Waals surface area contributed by atoms with Gasteiger partial charge in [-0.05, 0) is 18.6 Å². The maximum atomic E-state index is 12.0. The number of ether oxygens (including phenoxy) is 1. The molecule has 0 unspecified atom stereocenters. The van der Waals surface area contributed by atoms with E-state index in [1.807, 2.05) is 66.0 Å². The molecule has 0 atom stereocenters. The second kappa shape index (κ2) is 8.49. The molecule has 3 rings (SSSR count). The van der Waals surface area contributed by atoms with E-state index in [1.165, 1.54) is 22.6 Å². The molecule has 24 heavy (non-hydrogen) atoms. The standard InChI is InChI=1S/C19H21NO2S2/c1-14-6-8-15(9-7-14)12-20-18(21)13-22-17-5-3-2-4-16(17)19-23-10-11-24-19/h2-9,19H,10-13H2,1H3,(H,20,21). The van der Waals surface area contributed by atoms with Gasteiger partial charge in [0, 0.05) is 23.6 Å². The number of nitrogens with one attached hydrogen (secondary N) is 1. The summed E-state index contributed by atoms with van der Waals surface area (Å²) in [6, 6.07) is 16.2. The van der Waals surface area contributed by atoms with Crippen LogP contribution < -0.4 is 10.1 Å². The number of hydrogen-bond donors (Lipinski definition) is 1. The minimum atomic E-state index is -0.0999. The van der Waals surface area contributed by atoms with Crippen molar-refractivity contribution in [1.29, 1.82) is 0 Å². The molecule has 1 aliphatic rings. The average molecular weight is 360 g/mol. The van der Waals surface area contributed by atoms with Gasteiger partial charge >= 0.3 is 0 Å². The molecule has 3 nitrogen and oxygen atoms in total. The van der Waals surface area contributed by atoms with Gasteiger partial charge in [-0.1, -0.05) is 48.0 Å². The number of thioether (sulfide) groups is 2. The Hall–Kier alpha value is -1.59. The van der Waals surface area contributed by atoms with Crippen LogP contribution in [0.15, 0.2) is 48.5 Å². The lowest BCUT2D eigenvalue weighted by atomic mass is 10.1. The van der Waals surface area contributed by atoms with Gasteiger partial charge in [-0.3, -0.25) is 4.79 Å². The molecular weight excluding hydrogens is 338 g/mol. The van der Waals surface area contributed by atoms with Gasteiger partial charge in [0.15, 0.2) is 6.61 Å². The molecule has 1 amide bonds. The molecule has 2 aromatic carbocycles. The van der Waals surface area contributed by atoms with Crippen molar-refractivity contribution < 1.29 is 9.53 Å². The Bertz CT molecular complexity index is 682. The van der Waals surface area contributed by atoms with Gasteiger partial charge in [-0.2, -0.15) is 0 Å². The van der Waals surface area contributed by atoms with Crippen molar-refractivity contribution in [3.05, 3.63) is 65.2 Å². The predicted molar refractivity (Wildman–Crippen MR) is 103 cm³/mol. The molecule has 0 spiro atoms. The lowest BCUT2D eigenvalue weighted by Gasteiger charge is -2.15. The molecule has 0 bridgehead atoms. The topological polar surface area (TPSA) is 38.3 Å². The van der Waals surface area contributed by atoms with Gasteiger partial charge in [-0.15, -0.1) is 23.5 Å². The monoisotopic (exact) mass is 359 g/mol. The normalized spacial score (nSPS) is 14.5. The third kappa shape index (κ3) is 4.71. The quantitative estimate of drug-likeness (QED) is 0.840. The average Bonchev–Trinajstić information content (AvgIpc) is 3.14. The maximum Gasteiger partial charge on any atom is 0.258 e. The third-order valence-corrected chi connectivity index (χ3v) is 6.83. The zero-order chi connectivity index (χ0) is 16.8. The van der Waals surface area contributed by atoms with E-state index < -0.39 is 0 Å². The van der Waals surface area contributed by atoms with Gasteiger partial charge in [0.1, 0.15) is 5.75 Å². The summed E-state index contributed by atoms with van der Waals surface area (Å²) >= 11 is 3.87. The lowest BCUT2D eigenvalue weighted by molar-refractivity contribution is -0.123. The Labute approximate surface area is 151 Å². The van der Waals surface area contributed by atoms with Crippen LogP contribution in [0.1, 0.15) is 21.3 Å². The molecule has 1 aliphatic heterocycles. The van der Waals surface area contributed by atoms with Gasteiger partial charge in [-0.25, -0.2) is 0 Å². The van der Waals surface area contributed by atoms with Crippen molar-refractivity contribution in [3.63, 3.8) is 0 Å². The number of rotatable bonds is 6. The smallest absolute Gasteiger partial charge is 0.258 e. The van der Waals surface area contributed by atoms with Crippen LogP contribution in [0.3, 0.4) is 0 Å². The summed E-state index contributed by atoms with van der Waals surface area (Å²) in [4.78, 5) is 12.0. The van der Waals surface area contributed by atoms with E-state index in [4.69, 9.17) is 4.74 Å². The molecule has 0 aromatic heterocycles. The highest BCUT2D eigenvalue weighted by molar-refractivity contribution is 8.19. The summed E-state index contributed by atoms with van der Waals surface area (Å²) in [5.74, 6) is 3.05. The fourth-order valence-electron chi connectivity index (χ4n) is 2.45. The first-order valence-electron chi connectivity index (χ1n) is 7.99. The summed E-state index contributed by atoms with van der Waals surface area (Å²) in [7, 11) is 0. The van der Waals surface area contributed by atoms with E-state index in [2.05, 4.69) is 18.3 Å². The van der Waals surface area contributed by atoms with Crippen molar-refractivity contribution in [2.75, 3.05) is 18.1 Å². The molecule has 5 heteroatoms. The Morgan fingerprint density at radius 2 is 1.83 bits per heavy atom. The molecule has 0 radical (unpaired) electrons. The third-order valence-electron chi connectivity index (χ3n) is 3.76. The Morgan fingerprint density at radius 3 is 2.58 bits per heavy atom. The van der Waals surface area contributed by atoms with Crippen LogP contribution >= 0.6 is 23.5 Å². The molecule has 0 aliphatic carbocycles. The van der Waals surface area contributed by atoms with Gasteiger partial charge in [0.05, 0.1) is 4.58 Å². The molecule has 1 N–H and O–H groups in total. The van der Waals surface area contributed by atoms with Crippen LogP contribution in [-0.2, 0) is 11.3 Å². The van der Waals surface area contributed by atoms with Crippen LogP contribution in [0.25, 0.3) is 0 Å². The number of carbonyl (C=O) groups is 1. The Balaban J connectivity index is 1.52. The summed E-state index contributed by atoms with van der Waals surface area (Å²) in [5, 5.41) is 2.90. The molecule has 1 saturated heterocycles. The predicted octanol–water partition coefficient (Wildman–Crippen LogP) is 4.17. The first-order chi connectivity index (χ1) is 11.7. The number of aryl methyl sites for hydroxylation is 1. The van der Waals surface area contributed by atoms with Crippen LogP contribution in [0.2, 0.25) is 0 Å².